The number of Topliss-reactive ketones (excluding diaryl/α,β-unsaturated/α-hetero) is 1. The van der Waals surface area contributed by atoms with Gasteiger partial charge in [0.15, 0.2) is 12.0 Å². The summed E-state index contributed by atoms with van der Waals surface area (Å²) in [5.41, 5.74) is 1.56. The lowest BCUT2D eigenvalue weighted by Gasteiger charge is -2.11. The van der Waals surface area contributed by atoms with E-state index in [1.54, 1.807) is 43.4 Å². The topological polar surface area (TPSA) is 38.3 Å². The molecule has 2 aromatic carbocycles. The molecule has 0 saturated carbocycles. The summed E-state index contributed by atoms with van der Waals surface area (Å²) < 4.78 is 19.1. The first-order chi connectivity index (χ1) is 10.6. The molecule has 1 aliphatic rings. The van der Waals surface area contributed by atoms with E-state index < -0.39 is 11.9 Å². The van der Waals surface area contributed by atoms with Gasteiger partial charge in [0.25, 0.3) is 0 Å². The third kappa shape index (κ3) is 2.57. The van der Waals surface area contributed by atoms with E-state index in [0.29, 0.717) is 27.6 Å². The van der Waals surface area contributed by atoms with Gasteiger partial charge in [-0.25, -0.2) is 4.39 Å². The standard InChI is InChI=1S/C17H13ClFNO2/c1-20-17-14(10-4-2-6-12(18)8-10)15(21)16(22-17)11-5-3-7-13(19)9-11/h2-9,16,20H,1H3. The van der Waals surface area contributed by atoms with E-state index in [1.165, 1.54) is 12.1 Å². The summed E-state index contributed by atoms with van der Waals surface area (Å²) >= 11 is 5.99. The Hall–Kier alpha value is -2.33. The zero-order valence-corrected chi connectivity index (χ0v) is 12.5. The number of nitrogens with one attached hydrogen (secondary N) is 1. The molecular weight excluding hydrogens is 305 g/mol. The quantitative estimate of drug-likeness (QED) is 0.938. The molecule has 1 unspecified atom stereocenters. The molecular formula is C17H13ClFNO2. The average Bonchev–Trinajstić information content (AvgIpc) is 2.84. The van der Waals surface area contributed by atoms with Crippen molar-refractivity contribution >= 4 is 23.0 Å². The summed E-state index contributed by atoms with van der Waals surface area (Å²) in [4.78, 5) is 12.7. The fraction of sp³-hybridized carbons (Fsp3) is 0.118. The van der Waals surface area contributed by atoms with Gasteiger partial charge in [0.2, 0.25) is 5.78 Å². The van der Waals surface area contributed by atoms with Gasteiger partial charge < -0.3 is 10.1 Å². The van der Waals surface area contributed by atoms with Crippen molar-refractivity contribution in [3.63, 3.8) is 0 Å². The Morgan fingerprint density at radius 3 is 2.64 bits per heavy atom. The minimum Gasteiger partial charge on any atom is -0.462 e. The van der Waals surface area contributed by atoms with Crippen LogP contribution < -0.4 is 5.32 Å². The van der Waals surface area contributed by atoms with Gasteiger partial charge >= 0.3 is 0 Å². The normalized spacial score (nSPS) is 17.6. The maximum absolute atomic E-state index is 13.4. The lowest BCUT2D eigenvalue weighted by atomic mass is 9.97. The largest absolute Gasteiger partial charge is 0.462 e. The first-order valence-electron chi connectivity index (χ1n) is 6.74. The highest BCUT2D eigenvalue weighted by Gasteiger charge is 2.36. The van der Waals surface area contributed by atoms with Crippen LogP contribution in [0.2, 0.25) is 5.02 Å². The predicted octanol–water partition coefficient (Wildman–Crippen LogP) is 3.71. The second kappa shape index (κ2) is 5.81. The Kier molecular flexibility index (Phi) is 3.86. The molecule has 0 spiro atoms. The monoisotopic (exact) mass is 317 g/mol. The first-order valence-corrected chi connectivity index (χ1v) is 7.12. The molecule has 0 saturated heterocycles. The number of ether oxygens (including phenoxy) is 1. The van der Waals surface area contributed by atoms with Crippen LogP contribution in [0.4, 0.5) is 4.39 Å². The number of hydrogen-bond acceptors (Lipinski definition) is 3. The molecule has 2 aromatic rings. The SMILES string of the molecule is CNC1=C(c2cccc(Cl)c2)C(=O)C(c2cccc(F)c2)O1. The molecule has 22 heavy (non-hydrogen) atoms. The fourth-order valence-corrected chi connectivity index (χ4v) is 2.65. The van der Waals surface area contributed by atoms with Crippen LogP contribution in [0, 0.1) is 5.82 Å². The van der Waals surface area contributed by atoms with Crippen LogP contribution in [-0.4, -0.2) is 12.8 Å². The number of carbonyl (C=O) groups is 1. The molecule has 3 rings (SSSR count). The van der Waals surface area contributed by atoms with E-state index in [0.717, 1.165) is 0 Å². The number of rotatable bonds is 3. The first kappa shape index (κ1) is 14.6. The molecule has 0 amide bonds. The van der Waals surface area contributed by atoms with Gasteiger partial charge in [0.05, 0.1) is 5.57 Å². The molecule has 0 bridgehead atoms. The molecule has 5 heteroatoms. The smallest absolute Gasteiger partial charge is 0.213 e. The Balaban J connectivity index is 2.01. The van der Waals surface area contributed by atoms with Gasteiger partial charge in [-0.05, 0) is 29.8 Å². The molecule has 0 aromatic heterocycles. The van der Waals surface area contributed by atoms with Crippen LogP contribution in [0.3, 0.4) is 0 Å². The van der Waals surface area contributed by atoms with E-state index >= 15 is 0 Å². The Morgan fingerprint density at radius 2 is 1.95 bits per heavy atom. The van der Waals surface area contributed by atoms with Crippen molar-refractivity contribution in [2.75, 3.05) is 7.05 Å². The number of benzene rings is 2. The Bertz CT molecular complexity index is 773. The van der Waals surface area contributed by atoms with Crippen molar-refractivity contribution in [3.05, 3.63) is 76.4 Å². The molecule has 1 aliphatic heterocycles. The maximum atomic E-state index is 13.4. The predicted molar refractivity (Wildman–Crippen MR) is 82.7 cm³/mol. The summed E-state index contributed by atoms with van der Waals surface area (Å²) in [7, 11) is 1.67. The highest BCUT2D eigenvalue weighted by atomic mass is 35.5. The number of halogens is 2. The third-order valence-corrected chi connectivity index (χ3v) is 3.67. The van der Waals surface area contributed by atoms with Gasteiger partial charge in [0.1, 0.15) is 5.82 Å². The summed E-state index contributed by atoms with van der Waals surface area (Å²) in [6, 6.07) is 12.8. The summed E-state index contributed by atoms with van der Waals surface area (Å²) in [5.74, 6) is -0.269. The molecule has 1 N–H and O–H groups in total. The van der Waals surface area contributed by atoms with Crippen LogP contribution in [-0.2, 0) is 9.53 Å². The summed E-state index contributed by atoms with van der Waals surface area (Å²) in [6.07, 6.45) is -0.855. The van der Waals surface area contributed by atoms with Crippen LogP contribution in [0.25, 0.3) is 5.57 Å². The number of hydrogen-bond donors (Lipinski definition) is 1. The molecule has 1 atom stereocenters. The Labute approximate surface area is 132 Å². The van der Waals surface area contributed by atoms with E-state index in [4.69, 9.17) is 16.3 Å². The third-order valence-electron chi connectivity index (χ3n) is 3.44. The molecule has 0 radical (unpaired) electrons. The zero-order chi connectivity index (χ0) is 15.7. The van der Waals surface area contributed by atoms with E-state index in [1.807, 2.05) is 0 Å². The van der Waals surface area contributed by atoms with Crippen molar-refractivity contribution in [3.8, 4) is 0 Å². The number of carbonyl (C=O) groups excluding carboxylic acids is 1. The molecule has 0 aliphatic carbocycles. The lowest BCUT2D eigenvalue weighted by Crippen LogP contribution is -2.10. The zero-order valence-electron chi connectivity index (χ0n) is 11.8. The van der Waals surface area contributed by atoms with Gasteiger partial charge in [-0.1, -0.05) is 35.9 Å². The van der Waals surface area contributed by atoms with Crippen molar-refractivity contribution < 1.29 is 13.9 Å². The average molecular weight is 318 g/mol. The number of ketones is 1. The second-order valence-electron chi connectivity index (χ2n) is 4.88. The van der Waals surface area contributed by atoms with E-state index in [9.17, 15) is 9.18 Å². The van der Waals surface area contributed by atoms with E-state index in [-0.39, 0.29) is 5.78 Å². The summed E-state index contributed by atoms with van der Waals surface area (Å²) in [6.45, 7) is 0. The second-order valence-corrected chi connectivity index (χ2v) is 5.32. The molecule has 1 heterocycles. The van der Waals surface area contributed by atoms with Crippen LogP contribution in [0.5, 0.6) is 0 Å². The van der Waals surface area contributed by atoms with E-state index in [2.05, 4.69) is 5.32 Å². The summed E-state index contributed by atoms with van der Waals surface area (Å²) in [5, 5.41) is 3.41. The van der Waals surface area contributed by atoms with Crippen molar-refractivity contribution in [2.45, 2.75) is 6.10 Å². The minimum atomic E-state index is -0.855. The van der Waals surface area contributed by atoms with Gasteiger partial charge in [-0.15, -0.1) is 0 Å². The lowest BCUT2D eigenvalue weighted by molar-refractivity contribution is -0.120. The highest BCUT2D eigenvalue weighted by molar-refractivity contribution is 6.31. The maximum Gasteiger partial charge on any atom is 0.213 e. The molecule has 3 nitrogen and oxygen atoms in total. The molecule has 112 valence electrons. The van der Waals surface area contributed by atoms with Crippen LogP contribution in [0.1, 0.15) is 17.2 Å². The minimum absolute atomic E-state index is 0.225. The molecule has 0 fully saturated rings. The fourth-order valence-electron chi connectivity index (χ4n) is 2.46. The Morgan fingerprint density at radius 1 is 1.18 bits per heavy atom. The van der Waals surface area contributed by atoms with Gasteiger partial charge in [-0.2, -0.15) is 0 Å². The van der Waals surface area contributed by atoms with Crippen LogP contribution >= 0.6 is 11.6 Å². The van der Waals surface area contributed by atoms with Crippen LogP contribution in [0.15, 0.2) is 54.4 Å². The van der Waals surface area contributed by atoms with Gasteiger partial charge in [-0.3, -0.25) is 4.79 Å². The van der Waals surface area contributed by atoms with Crippen molar-refractivity contribution in [1.29, 1.82) is 0 Å². The van der Waals surface area contributed by atoms with Crippen molar-refractivity contribution in [2.24, 2.45) is 0 Å². The van der Waals surface area contributed by atoms with Crippen molar-refractivity contribution in [1.82, 2.24) is 5.32 Å². The van der Waals surface area contributed by atoms with Gasteiger partial charge in [0, 0.05) is 17.6 Å². The highest BCUT2D eigenvalue weighted by Crippen LogP contribution is 2.37.